The molecule has 1 aromatic heterocycles. The number of aromatic nitrogens is 3. The van der Waals surface area contributed by atoms with Crippen molar-refractivity contribution in [3.8, 4) is 22.5 Å². The minimum absolute atomic E-state index is 0.112. The maximum absolute atomic E-state index is 14.9. The highest BCUT2D eigenvalue weighted by Gasteiger charge is 2.37. The van der Waals surface area contributed by atoms with Gasteiger partial charge in [0.25, 0.3) is 5.82 Å². The van der Waals surface area contributed by atoms with Crippen LogP contribution in [0.25, 0.3) is 27.4 Å². The summed E-state index contributed by atoms with van der Waals surface area (Å²) in [5.74, 6) is -0.500. The van der Waals surface area contributed by atoms with Crippen molar-refractivity contribution >= 4 is 27.9 Å². The summed E-state index contributed by atoms with van der Waals surface area (Å²) in [5.41, 5.74) is 1.69. The molecular formula is C23H20F4N6O7S. The van der Waals surface area contributed by atoms with E-state index in [1.54, 1.807) is 41.1 Å². The maximum Gasteiger partial charge on any atom is 0.485 e. The highest BCUT2D eigenvalue weighted by Crippen LogP contribution is 2.30. The van der Waals surface area contributed by atoms with Crippen LogP contribution >= 0.6 is 0 Å². The Morgan fingerprint density at radius 2 is 1.90 bits per heavy atom. The highest BCUT2D eigenvalue weighted by molar-refractivity contribution is 7.86. The summed E-state index contributed by atoms with van der Waals surface area (Å²) >= 11 is 0. The van der Waals surface area contributed by atoms with Gasteiger partial charge in [0.05, 0.1) is 18.8 Å². The molecule has 4 rings (SSSR count). The van der Waals surface area contributed by atoms with Crippen LogP contribution in [0, 0.1) is 12.4 Å². The number of nitrogens with one attached hydrogen (secondary N) is 1. The molecule has 0 radical (unpaired) electrons. The van der Waals surface area contributed by atoms with Crippen molar-refractivity contribution in [2.75, 3.05) is 24.6 Å². The number of nitrogens with zero attached hydrogens (tertiary/aromatic N) is 4. The molecule has 0 spiro atoms. The number of rotatable bonds is 7. The Hall–Kier alpha value is -4.60. The number of carbonyl (C=O) groups excluding carboxylic acids is 2. The molecule has 0 unspecified atom stereocenters. The van der Waals surface area contributed by atoms with Crippen molar-refractivity contribution in [3.63, 3.8) is 0 Å². The Morgan fingerprint density at radius 1 is 1.27 bits per heavy atom. The van der Waals surface area contributed by atoms with Crippen LogP contribution in [0.3, 0.4) is 0 Å². The maximum atomic E-state index is 14.9. The molecule has 1 aliphatic heterocycles. The van der Waals surface area contributed by atoms with E-state index in [9.17, 15) is 27.2 Å². The van der Waals surface area contributed by atoms with Crippen molar-refractivity contribution in [3.05, 3.63) is 66.0 Å². The van der Waals surface area contributed by atoms with E-state index in [0.29, 0.717) is 22.6 Å². The summed E-state index contributed by atoms with van der Waals surface area (Å²) in [6.45, 7) is 6.80. The fourth-order valence-electron chi connectivity index (χ4n) is 3.39. The van der Waals surface area contributed by atoms with Gasteiger partial charge in [-0.1, -0.05) is 16.8 Å². The van der Waals surface area contributed by atoms with E-state index in [-0.39, 0.29) is 26.4 Å². The number of hydrogen-bond acceptors (Lipinski definition) is 9. The zero-order chi connectivity index (χ0) is 30.4. The lowest BCUT2D eigenvalue weighted by atomic mass is 10.0. The number of halogens is 4. The minimum Gasteiger partial charge on any atom is -0.741 e. The zero-order valence-corrected chi connectivity index (χ0v) is 21.5. The molecule has 1 amide bonds. The van der Waals surface area contributed by atoms with Gasteiger partial charge in [0.2, 0.25) is 0 Å². The van der Waals surface area contributed by atoms with Gasteiger partial charge in [-0.25, -0.2) is 24.2 Å². The number of cyclic esters (lactones) is 1. The number of esters is 1. The van der Waals surface area contributed by atoms with Crippen molar-refractivity contribution in [2.45, 2.75) is 18.3 Å². The number of aromatic amines is 1. The standard InChI is InChI=1S/C22H19FN6O4.CHF3O3S/c1-25-12-28-13-26-21(27-28)15-4-2-14(3-5-15)18-7-6-16(8-19(18)23)29-10-17(33-22(29)31)11-32-20(30)9-24;2-1(3,4)8(5,6)7/h2-8,13,17H,9-12,24H2;(H,5,6,7)/t17-;/m1./s1. The van der Waals surface area contributed by atoms with Gasteiger partial charge in [0.1, 0.15) is 12.4 Å². The Balaban J connectivity index is 0.000000507. The van der Waals surface area contributed by atoms with Crippen LogP contribution in [-0.2, 0) is 31.1 Å². The van der Waals surface area contributed by atoms with Crippen LogP contribution in [0.1, 0.15) is 0 Å². The average molecular weight is 601 g/mol. The van der Waals surface area contributed by atoms with Crippen LogP contribution in [0.4, 0.5) is 28.0 Å². The summed E-state index contributed by atoms with van der Waals surface area (Å²) in [4.78, 5) is 32.1. The van der Waals surface area contributed by atoms with Crippen molar-refractivity contribution < 1.29 is 54.3 Å². The molecule has 2 aromatic carbocycles. The number of amides is 1. The molecule has 41 heavy (non-hydrogen) atoms. The predicted octanol–water partition coefficient (Wildman–Crippen LogP) is 1.93. The summed E-state index contributed by atoms with van der Waals surface area (Å²) < 4.78 is 85.4. The first-order valence-corrected chi connectivity index (χ1v) is 12.7. The van der Waals surface area contributed by atoms with E-state index in [1.807, 2.05) is 0 Å². The molecule has 3 N–H and O–H groups in total. The molecule has 1 saturated heterocycles. The van der Waals surface area contributed by atoms with Crippen LogP contribution < -0.4 is 15.3 Å². The van der Waals surface area contributed by atoms with Gasteiger partial charge in [-0.05, 0) is 40.9 Å². The van der Waals surface area contributed by atoms with Gasteiger partial charge in [0, 0.05) is 11.1 Å². The number of benzene rings is 2. The average Bonchev–Trinajstić information content (AvgIpc) is 3.53. The Labute approximate surface area is 229 Å². The van der Waals surface area contributed by atoms with Gasteiger partial charge < -0.3 is 19.8 Å². The quantitative estimate of drug-likeness (QED) is 0.102. The Kier molecular flexibility index (Phi) is 9.59. The largest absolute Gasteiger partial charge is 0.741 e. The Morgan fingerprint density at radius 3 is 2.46 bits per heavy atom. The molecule has 13 nitrogen and oxygen atoms in total. The van der Waals surface area contributed by atoms with Crippen molar-refractivity contribution in [1.82, 2.24) is 10.1 Å². The summed E-state index contributed by atoms with van der Waals surface area (Å²) in [6, 6.07) is 11.6. The van der Waals surface area contributed by atoms with Crippen molar-refractivity contribution in [1.29, 1.82) is 0 Å². The van der Waals surface area contributed by atoms with Gasteiger partial charge in [-0.3, -0.25) is 14.5 Å². The van der Waals surface area contributed by atoms with Gasteiger partial charge in [-0.15, -0.1) is 0 Å². The fourth-order valence-corrected chi connectivity index (χ4v) is 3.39. The molecule has 0 saturated carbocycles. The normalized spacial score (nSPS) is 15.0. The van der Waals surface area contributed by atoms with E-state index >= 15 is 0 Å². The van der Waals surface area contributed by atoms with Gasteiger partial charge in [-0.2, -0.15) is 18.3 Å². The second kappa shape index (κ2) is 12.7. The summed E-state index contributed by atoms with van der Waals surface area (Å²) in [5, 5.41) is 3.00. The third kappa shape index (κ3) is 7.97. The second-order valence-corrected chi connectivity index (χ2v) is 9.49. The van der Waals surface area contributed by atoms with Gasteiger partial charge >= 0.3 is 30.6 Å². The lowest BCUT2D eigenvalue weighted by Crippen LogP contribution is -2.33. The van der Waals surface area contributed by atoms with E-state index in [2.05, 4.69) is 14.9 Å². The number of ether oxygens (including phenoxy) is 2. The number of carbonyl (C=O) groups is 2. The molecule has 18 heteroatoms. The summed E-state index contributed by atoms with van der Waals surface area (Å²) in [6.07, 6.45) is 0.239. The van der Waals surface area contributed by atoms with Crippen LogP contribution in [0.5, 0.6) is 0 Å². The second-order valence-electron chi connectivity index (χ2n) is 8.12. The molecule has 1 aliphatic rings. The number of H-pyrrole nitrogens is 1. The first-order chi connectivity index (χ1) is 19.2. The smallest absolute Gasteiger partial charge is 0.485 e. The van der Waals surface area contributed by atoms with Crippen LogP contribution in [-0.4, -0.2) is 66.4 Å². The minimum atomic E-state index is -6.09. The summed E-state index contributed by atoms with van der Waals surface area (Å²) in [7, 11) is -6.09. The van der Waals surface area contributed by atoms with Crippen LogP contribution in [0.2, 0.25) is 0 Å². The first kappa shape index (κ1) is 30.9. The van der Waals surface area contributed by atoms with E-state index in [0.717, 1.165) is 5.56 Å². The van der Waals surface area contributed by atoms with E-state index < -0.39 is 39.6 Å². The fraction of sp³-hybridized carbons (Fsp3) is 0.261. The molecule has 3 aromatic rings. The third-order valence-electron chi connectivity index (χ3n) is 5.29. The SMILES string of the molecule is O=S(=O)([O-])C(F)(F)F.[C-]#[N+]C[n+]1cnc(-c2ccc(-c3ccc(N4C[C@H](COC(=O)CN)OC4=O)cc3F)cc2)[nH]1. The molecule has 1 fully saturated rings. The lowest BCUT2D eigenvalue weighted by molar-refractivity contribution is -0.742. The first-order valence-electron chi connectivity index (χ1n) is 11.3. The number of alkyl halides is 3. The number of anilines is 1. The topological polar surface area (TPSA) is 176 Å². The van der Waals surface area contributed by atoms with Gasteiger partial charge in [0.15, 0.2) is 16.2 Å². The lowest BCUT2D eigenvalue weighted by Gasteiger charge is -2.14. The molecule has 1 atom stereocenters. The third-order valence-corrected chi connectivity index (χ3v) is 5.85. The van der Waals surface area contributed by atoms with E-state index in [4.69, 9.17) is 34.8 Å². The monoisotopic (exact) mass is 600 g/mol. The highest BCUT2D eigenvalue weighted by atomic mass is 32.2. The molecule has 2 heterocycles. The molecular weight excluding hydrogens is 580 g/mol. The number of hydrogen-bond donors (Lipinski definition) is 2. The molecule has 0 bridgehead atoms. The number of nitrogens with two attached hydrogens (primary N) is 1. The molecule has 0 aliphatic carbocycles. The van der Waals surface area contributed by atoms with E-state index in [1.165, 1.54) is 17.3 Å². The Bertz CT molecular complexity index is 1560. The molecule has 218 valence electrons. The predicted molar refractivity (Wildman–Crippen MR) is 130 cm³/mol. The van der Waals surface area contributed by atoms with Crippen molar-refractivity contribution in [2.24, 2.45) is 5.73 Å². The van der Waals surface area contributed by atoms with Crippen LogP contribution in [0.15, 0.2) is 48.8 Å². The zero-order valence-electron chi connectivity index (χ0n) is 20.7.